The van der Waals surface area contributed by atoms with E-state index in [1.807, 2.05) is 44.2 Å². The number of sulfonamides is 1. The minimum Gasteiger partial charge on any atom is -0.384 e. The molecule has 0 bridgehead atoms. The third kappa shape index (κ3) is 4.69. The lowest BCUT2D eigenvalue weighted by atomic mass is 9.90. The van der Waals surface area contributed by atoms with Crippen molar-refractivity contribution in [3.63, 3.8) is 0 Å². The van der Waals surface area contributed by atoms with E-state index >= 15 is 4.39 Å². The molecule has 32 heavy (non-hydrogen) atoms. The van der Waals surface area contributed by atoms with Gasteiger partial charge in [-0.1, -0.05) is 33.8 Å². The maximum absolute atomic E-state index is 15.0. The maximum Gasteiger partial charge on any atom is 0.281 e. The van der Waals surface area contributed by atoms with Gasteiger partial charge in [0, 0.05) is 17.5 Å². The number of amides is 1. The Morgan fingerprint density at radius 3 is 2.47 bits per heavy atom. The van der Waals surface area contributed by atoms with Crippen molar-refractivity contribution in [2.24, 2.45) is 5.92 Å². The van der Waals surface area contributed by atoms with E-state index in [2.05, 4.69) is 16.9 Å². The molecule has 1 fully saturated rings. The Balaban J connectivity index is 2.11. The Bertz CT molecular complexity index is 1160. The summed E-state index contributed by atoms with van der Waals surface area (Å²) in [5, 5.41) is -0.401. The van der Waals surface area contributed by atoms with E-state index in [0.29, 0.717) is 12.5 Å². The highest BCUT2D eigenvalue weighted by Crippen LogP contribution is 2.39. The van der Waals surface area contributed by atoms with Crippen LogP contribution in [0.15, 0.2) is 29.3 Å². The molecule has 3 rings (SSSR count). The average Bonchev–Trinajstić information content (AvgIpc) is 2.92. The number of hydrogen-bond acceptors (Lipinski definition) is 7. The summed E-state index contributed by atoms with van der Waals surface area (Å²) in [7, 11) is -4.32. The van der Waals surface area contributed by atoms with Crippen LogP contribution in [-0.2, 0) is 15.4 Å². The maximum atomic E-state index is 15.0. The molecule has 0 radical (unpaired) electrons. The second-order valence-corrected chi connectivity index (χ2v) is 11.6. The zero-order valence-electron chi connectivity index (χ0n) is 19.2. The van der Waals surface area contributed by atoms with Gasteiger partial charge in [-0.2, -0.15) is 8.42 Å². The van der Waals surface area contributed by atoms with Crippen molar-refractivity contribution in [3.8, 4) is 0 Å². The fourth-order valence-corrected chi connectivity index (χ4v) is 5.09. The lowest BCUT2D eigenvalue weighted by Gasteiger charge is -2.35. The predicted octanol–water partition coefficient (Wildman–Crippen LogP) is 3.24. The van der Waals surface area contributed by atoms with Gasteiger partial charge in [0.25, 0.3) is 15.9 Å². The van der Waals surface area contributed by atoms with Gasteiger partial charge in [0.15, 0.2) is 5.03 Å². The summed E-state index contributed by atoms with van der Waals surface area (Å²) in [5.41, 5.74) is 4.67. The van der Waals surface area contributed by atoms with Gasteiger partial charge in [0.1, 0.15) is 17.5 Å². The van der Waals surface area contributed by atoms with Crippen LogP contribution in [0.5, 0.6) is 0 Å². The Morgan fingerprint density at radius 2 is 1.94 bits per heavy atom. The number of nitrogens with two attached hydrogens (primary N) is 1. The third-order valence-electron chi connectivity index (χ3n) is 5.49. The number of carbonyl (C=O) groups is 1. The highest BCUT2D eigenvalue weighted by atomic mass is 32.2. The molecule has 1 unspecified atom stereocenters. The standard InChI is InChI=1S/C22H30FN5O3S/c1-13-11-22(5,6)28(12-13)19-14(10-15(23)18(26-19)21(2,3)4)20(29)27-32(30,31)17-9-7-8-16(24)25-17/h7-10,13H,11-12H2,1-6H3,(H2,24,25)(H,27,29). The summed E-state index contributed by atoms with van der Waals surface area (Å²) < 4.78 is 42.4. The number of nitrogens with zero attached hydrogens (tertiary/aromatic N) is 3. The molecule has 1 amide bonds. The summed E-state index contributed by atoms with van der Waals surface area (Å²) in [5.74, 6) is -1.07. The Kier molecular flexibility index (Phi) is 5.97. The molecule has 2 aromatic heterocycles. The minimum atomic E-state index is -4.32. The third-order valence-corrected chi connectivity index (χ3v) is 6.72. The van der Waals surface area contributed by atoms with Crippen LogP contribution < -0.4 is 15.4 Å². The van der Waals surface area contributed by atoms with Gasteiger partial charge >= 0.3 is 0 Å². The molecule has 1 aliphatic rings. The van der Waals surface area contributed by atoms with E-state index < -0.39 is 32.2 Å². The van der Waals surface area contributed by atoms with Gasteiger partial charge in [0.05, 0.1) is 11.3 Å². The van der Waals surface area contributed by atoms with Crippen molar-refractivity contribution in [2.75, 3.05) is 17.2 Å². The van der Waals surface area contributed by atoms with Gasteiger partial charge < -0.3 is 10.6 Å². The van der Waals surface area contributed by atoms with Crippen molar-refractivity contribution >= 4 is 27.6 Å². The molecular formula is C22H30FN5O3S. The summed E-state index contributed by atoms with van der Waals surface area (Å²) in [6.07, 6.45) is 0.851. The number of aromatic nitrogens is 2. The molecule has 1 atom stereocenters. The number of nitrogen functional groups attached to an aromatic ring is 1. The van der Waals surface area contributed by atoms with Gasteiger partial charge in [-0.15, -0.1) is 0 Å². The number of nitrogens with one attached hydrogen (secondary N) is 1. The van der Waals surface area contributed by atoms with Crippen LogP contribution in [0.3, 0.4) is 0 Å². The van der Waals surface area contributed by atoms with Crippen molar-refractivity contribution in [3.05, 3.63) is 41.3 Å². The monoisotopic (exact) mass is 463 g/mol. The highest BCUT2D eigenvalue weighted by molar-refractivity contribution is 7.90. The van der Waals surface area contributed by atoms with Crippen molar-refractivity contribution in [1.29, 1.82) is 0 Å². The lowest BCUT2D eigenvalue weighted by molar-refractivity contribution is 0.0980. The Morgan fingerprint density at radius 1 is 1.28 bits per heavy atom. The van der Waals surface area contributed by atoms with E-state index in [1.165, 1.54) is 18.2 Å². The summed E-state index contributed by atoms with van der Waals surface area (Å²) >= 11 is 0. The molecular weight excluding hydrogens is 433 g/mol. The smallest absolute Gasteiger partial charge is 0.281 e. The zero-order valence-corrected chi connectivity index (χ0v) is 20.0. The molecule has 174 valence electrons. The van der Waals surface area contributed by atoms with Crippen LogP contribution in [0, 0.1) is 11.7 Å². The van der Waals surface area contributed by atoms with Gasteiger partial charge in [0.2, 0.25) is 0 Å². The van der Waals surface area contributed by atoms with Gasteiger partial charge in [-0.25, -0.2) is 19.1 Å². The fourth-order valence-electron chi connectivity index (χ4n) is 4.15. The minimum absolute atomic E-state index is 0.00365. The SMILES string of the molecule is CC1CN(c2nc(C(C)(C)C)c(F)cc2C(=O)NS(=O)(=O)c2cccc(N)n2)C(C)(C)C1. The molecule has 0 aliphatic carbocycles. The number of anilines is 2. The molecule has 0 saturated carbocycles. The van der Waals surface area contributed by atoms with Crippen LogP contribution in [0.4, 0.5) is 16.0 Å². The normalized spacial score (nSPS) is 18.6. The van der Waals surface area contributed by atoms with Crippen LogP contribution in [0.2, 0.25) is 0 Å². The largest absolute Gasteiger partial charge is 0.384 e. The van der Waals surface area contributed by atoms with Crippen LogP contribution in [0.1, 0.15) is 64.0 Å². The molecule has 2 aromatic rings. The number of carbonyl (C=O) groups excluding carboxylic acids is 1. The quantitative estimate of drug-likeness (QED) is 0.714. The van der Waals surface area contributed by atoms with Crippen LogP contribution in [0.25, 0.3) is 0 Å². The first-order valence-corrected chi connectivity index (χ1v) is 11.9. The number of pyridine rings is 2. The second kappa shape index (κ2) is 7.99. The molecule has 3 N–H and O–H groups in total. The second-order valence-electron chi connectivity index (χ2n) is 10.0. The topological polar surface area (TPSA) is 118 Å². The molecule has 1 saturated heterocycles. The number of rotatable bonds is 4. The van der Waals surface area contributed by atoms with E-state index in [4.69, 9.17) is 5.73 Å². The molecule has 8 nitrogen and oxygen atoms in total. The van der Waals surface area contributed by atoms with Crippen molar-refractivity contribution in [2.45, 2.75) is 63.9 Å². The number of halogens is 1. The molecule has 0 aromatic carbocycles. The first-order valence-electron chi connectivity index (χ1n) is 10.4. The number of hydrogen-bond donors (Lipinski definition) is 2. The molecule has 3 heterocycles. The van der Waals surface area contributed by atoms with E-state index in [1.54, 1.807) is 0 Å². The van der Waals surface area contributed by atoms with Gasteiger partial charge in [-0.3, -0.25) is 4.79 Å². The van der Waals surface area contributed by atoms with E-state index in [0.717, 1.165) is 12.5 Å². The van der Waals surface area contributed by atoms with Crippen molar-refractivity contribution < 1.29 is 17.6 Å². The Hall–Kier alpha value is -2.75. The summed E-state index contributed by atoms with van der Waals surface area (Å²) in [6.45, 7) is 12.2. The first kappa shape index (κ1) is 23.9. The predicted molar refractivity (Wildman–Crippen MR) is 121 cm³/mol. The molecule has 0 spiro atoms. The Labute approximate surface area is 188 Å². The summed E-state index contributed by atoms with van der Waals surface area (Å²) in [6, 6.07) is 5.14. The average molecular weight is 464 g/mol. The van der Waals surface area contributed by atoms with Crippen LogP contribution in [-0.4, -0.2) is 36.4 Å². The summed E-state index contributed by atoms with van der Waals surface area (Å²) in [4.78, 5) is 23.4. The van der Waals surface area contributed by atoms with E-state index in [-0.39, 0.29) is 28.4 Å². The molecule has 1 aliphatic heterocycles. The van der Waals surface area contributed by atoms with Crippen LogP contribution >= 0.6 is 0 Å². The van der Waals surface area contributed by atoms with Gasteiger partial charge in [-0.05, 0) is 44.4 Å². The first-order chi connectivity index (χ1) is 14.6. The lowest BCUT2D eigenvalue weighted by Crippen LogP contribution is -2.41. The van der Waals surface area contributed by atoms with E-state index in [9.17, 15) is 13.2 Å². The zero-order chi connectivity index (χ0) is 24.1. The fraction of sp³-hybridized carbons (Fsp3) is 0.500. The highest BCUT2D eigenvalue weighted by Gasteiger charge is 2.40. The molecule has 10 heteroatoms. The van der Waals surface area contributed by atoms with Crippen molar-refractivity contribution in [1.82, 2.24) is 14.7 Å².